The molecule has 2 aromatic rings. The first-order valence-corrected chi connectivity index (χ1v) is 7.11. The zero-order valence-electron chi connectivity index (χ0n) is 8.93. The molecule has 0 radical (unpaired) electrons. The Hall–Kier alpha value is -0.450. The van der Waals surface area contributed by atoms with Gasteiger partial charge in [-0.2, -0.15) is 0 Å². The van der Waals surface area contributed by atoms with E-state index in [4.69, 9.17) is 11.6 Å². The Morgan fingerprint density at radius 1 is 1.00 bits per heavy atom. The van der Waals surface area contributed by atoms with Crippen LogP contribution in [0.4, 0.5) is 8.78 Å². The molecule has 0 aromatic heterocycles. The maximum absolute atomic E-state index is 13.8. The molecule has 0 aliphatic rings. The maximum atomic E-state index is 13.8. The summed E-state index contributed by atoms with van der Waals surface area (Å²) in [4.78, 5) is -0.553. The molecule has 18 heavy (non-hydrogen) atoms. The Labute approximate surface area is 125 Å². The van der Waals surface area contributed by atoms with Crippen molar-refractivity contribution >= 4 is 43.5 Å². The van der Waals surface area contributed by atoms with Gasteiger partial charge in [0.1, 0.15) is 11.6 Å². The normalized spacial score (nSPS) is 12.5. The number of alkyl halides is 1. The second-order valence-corrected chi connectivity index (χ2v) is 5.97. The van der Waals surface area contributed by atoms with Crippen LogP contribution in [0.25, 0.3) is 0 Å². The van der Waals surface area contributed by atoms with E-state index in [1.165, 1.54) is 12.1 Å². The molecule has 0 aliphatic heterocycles. The van der Waals surface area contributed by atoms with Gasteiger partial charge in [0, 0.05) is 15.1 Å². The van der Waals surface area contributed by atoms with E-state index in [0.717, 1.165) is 5.56 Å². The van der Waals surface area contributed by atoms with Gasteiger partial charge in [0.15, 0.2) is 0 Å². The topological polar surface area (TPSA) is 0 Å². The molecule has 94 valence electrons. The fraction of sp³-hybridized carbons (Fsp3) is 0.0769. The summed E-state index contributed by atoms with van der Waals surface area (Å²) in [7, 11) is 0. The molecule has 0 saturated heterocycles. The third kappa shape index (κ3) is 2.92. The van der Waals surface area contributed by atoms with Crippen LogP contribution in [-0.2, 0) is 0 Å². The molecule has 0 saturated carbocycles. The first-order valence-electron chi connectivity index (χ1n) is 5.03. The molecule has 0 fully saturated rings. The lowest BCUT2D eigenvalue weighted by molar-refractivity contribution is 0.559. The molecule has 0 amide bonds. The van der Waals surface area contributed by atoms with Crippen molar-refractivity contribution in [1.82, 2.24) is 0 Å². The van der Waals surface area contributed by atoms with Gasteiger partial charge in [-0.05, 0) is 29.8 Å². The third-order valence-electron chi connectivity index (χ3n) is 2.46. The largest absolute Gasteiger partial charge is 0.206 e. The average Bonchev–Trinajstić information content (AvgIpc) is 2.28. The molecule has 0 nitrogen and oxygen atoms in total. The van der Waals surface area contributed by atoms with Crippen molar-refractivity contribution in [3.8, 4) is 0 Å². The lowest BCUT2D eigenvalue weighted by atomic mass is 10.0. The SMILES string of the molecule is Fc1cc(Br)cc(F)c1C(Br)c1ccc(Cl)cc1. The first kappa shape index (κ1) is 14.0. The fourth-order valence-electron chi connectivity index (χ4n) is 1.59. The second-order valence-electron chi connectivity index (χ2n) is 3.70. The van der Waals surface area contributed by atoms with Crippen molar-refractivity contribution in [2.75, 3.05) is 0 Å². The van der Waals surface area contributed by atoms with Crippen LogP contribution in [0.3, 0.4) is 0 Å². The van der Waals surface area contributed by atoms with Crippen LogP contribution in [0.15, 0.2) is 40.9 Å². The van der Waals surface area contributed by atoms with Crippen molar-refractivity contribution in [1.29, 1.82) is 0 Å². The number of benzene rings is 2. The van der Waals surface area contributed by atoms with Crippen LogP contribution in [-0.4, -0.2) is 0 Å². The van der Waals surface area contributed by atoms with E-state index < -0.39 is 16.5 Å². The first-order chi connectivity index (χ1) is 8.49. The highest BCUT2D eigenvalue weighted by molar-refractivity contribution is 9.10. The molecule has 1 atom stereocenters. The molecule has 0 spiro atoms. The zero-order valence-corrected chi connectivity index (χ0v) is 12.9. The van der Waals surface area contributed by atoms with Gasteiger partial charge in [-0.15, -0.1) is 0 Å². The minimum atomic E-state index is -0.598. The minimum Gasteiger partial charge on any atom is -0.206 e. The van der Waals surface area contributed by atoms with E-state index in [9.17, 15) is 8.78 Å². The van der Waals surface area contributed by atoms with Crippen molar-refractivity contribution in [3.63, 3.8) is 0 Å². The highest BCUT2D eigenvalue weighted by atomic mass is 79.9. The summed E-state index contributed by atoms with van der Waals surface area (Å²) in [6, 6.07) is 9.29. The highest BCUT2D eigenvalue weighted by Crippen LogP contribution is 2.35. The lowest BCUT2D eigenvalue weighted by Gasteiger charge is -2.13. The Bertz CT molecular complexity index is 547. The van der Waals surface area contributed by atoms with Crippen LogP contribution < -0.4 is 0 Å². The van der Waals surface area contributed by atoms with Gasteiger partial charge in [0.05, 0.1) is 4.83 Å². The quantitative estimate of drug-likeness (QED) is 0.558. The molecule has 2 aromatic carbocycles. The molecule has 0 bridgehead atoms. The van der Waals surface area contributed by atoms with Crippen molar-refractivity contribution in [2.45, 2.75) is 4.83 Å². The van der Waals surface area contributed by atoms with Gasteiger partial charge >= 0.3 is 0 Å². The third-order valence-corrected chi connectivity index (χ3v) is 4.16. The Kier molecular flexibility index (Phi) is 4.41. The van der Waals surface area contributed by atoms with Gasteiger partial charge < -0.3 is 0 Å². The number of halogens is 5. The van der Waals surface area contributed by atoms with Gasteiger partial charge in [0.2, 0.25) is 0 Å². The molecule has 0 N–H and O–H groups in total. The predicted molar refractivity (Wildman–Crippen MR) is 76.3 cm³/mol. The van der Waals surface area contributed by atoms with Gasteiger partial charge in [-0.25, -0.2) is 8.78 Å². The molecule has 2 rings (SSSR count). The van der Waals surface area contributed by atoms with Crippen LogP contribution in [0.2, 0.25) is 5.02 Å². The smallest absolute Gasteiger partial charge is 0.131 e. The van der Waals surface area contributed by atoms with E-state index in [2.05, 4.69) is 31.9 Å². The Morgan fingerprint density at radius 2 is 1.50 bits per heavy atom. The highest BCUT2D eigenvalue weighted by Gasteiger charge is 2.20. The van der Waals surface area contributed by atoms with Crippen LogP contribution in [0.1, 0.15) is 16.0 Å². The number of hydrogen-bond acceptors (Lipinski definition) is 0. The Balaban J connectivity index is 2.46. The van der Waals surface area contributed by atoms with Crippen LogP contribution >= 0.6 is 43.5 Å². The number of hydrogen-bond donors (Lipinski definition) is 0. The molecular weight excluding hydrogens is 389 g/mol. The van der Waals surface area contributed by atoms with Gasteiger partial charge in [0.25, 0.3) is 0 Å². The summed E-state index contributed by atoms with van der Waals surface area (Å²) in [6.45, 7) is 0. The zero-order chi connectivity index (χ0) is 13.3. The number of rotatable bonds is 2. The molecule has 0 heterocycles. The van der Waals surface area contributed by atoms with Gasteiger partial charge in [-0.1, -0.05) is 55.6 Å². The Morgan fingerprint density at radius 3 is 2.00 bits per heavy atom. The minimum absolute atomic E-state index is 0.0134. The van der Waals surface area contributed by atoms with Crippen LogP contribution in [0.5, 0.6) is 0 Å². The molecule has 5 heteroatoms. The summed E-state index contributed by atoms with van der Waals surface area (Å²) in [5.41, 5.74) is 0.722. The second kappa shape index (κ2) is 5.68. The average molecular weight is 396 g/mol. The molecular formula is C13H7Br2ClF2. The molecule has 0 aliphatic carbocycles. The monoisotopic (exact) mass is 394 g/mol. The summed E-state index contributed by atoms with van der Waals surface area (Å²) >= 11 is 12.1. The van der Waals surface area contributed by atoms with Crippen molar-refractivity contribution < 1.29 is 8.78 Å². The standard InChI is InChI=1S/C13H7Br2ClF2/c14-8-5-10(17)12(11(18)6-8)13(15)7-1-3-9(16)4-2-7/h1-6,13H. The maximum Gasteiger partial charge on any atom is 0.131 e. The fourth-order valence-corrected chi connectivity index (χ4v) is 2.86. The lowest BCUT2D eigenvalue weighted by Crippen LogP contribution is -2.00. The predicted octanol–water partition coefficient (Wildman–Crippen LogP) is 5.87. The summed E-state index contributed by atoms with van der Waals surface area (Å²) < 4.78 is 28.0. The van der Waals surface area contributed by atoms with Gasteiger partial charge in [-0.3, -0.25) is 0 Å². The van der Waals surface area contributed by atoms with Crippen LogP contribution in [0, 0.1) is 11.6 Å². The summed E-state index contributed by atoms with van der Waals surface area (Å²) in [6.07, 6.45) is 0. The summed E-state index contributed by atoms with van der Waals surface area (Å²) in [5.74, 6) is -1.20. The van der Waals surface area contributed by atoms with E-state index in [1.807, 2.05) is 0 Å². The van der Waals surface area contributed by atoms with Crippen molar-refractivity contribution in [2.24, 2.45) is 0 Å². The molecule has 1 unspecified atom stereocenters. The van der Waals surface area contributed by atoms with E-state index in [1.54, 1.807) is 24.3 Å². The van der Waals surface area contributed by atoms with E-state index in [0.29, 0.717) is 9.50 Å². The van der Waals surface area contributed by atoms with E-state index >= 15 is 0 Å². The summed E-state index contributed by atoms with van der Waals surface area (Å²) in [5, 5.41) is 0.579. The van der Waals surface area contributed by atoms with E-state index in [-0.39, 0.29) is 5.56 Å². The van der Waals surface area contributed by atoms with Crippen molar-refractivity contribution in [3.05, 3.63) is 68.7 Å².